The Bertz CT molecular complexity index is 927. The molecule has 1 aliphatic heterocycles. The molecule has 0 saturated heterocycles. The first-order valence-corrected chi connectivity index (χ1v) is 8.62. The number of carbonyl (C=O) groups excluding carboxylic acids is 1. The molecule has 0 bridgehead atoms. The molecule has 8 nitrogen and oxygen atoms in total. The highest BCUT2D eigenvalue weighted by Gasteiger charge is 2.17. The van der Waals surface area contributed by atoms with Gasteiger partial charge in [0.25, 0.3) is 5.91 Å². The first kappa shape index (κ1) is 16.5. The second-order valence-corrected chi connectivity index (χ2v) is 6.26. The van der Waals surface area contributed by atoms with Crippen LogP contribution in [0.4, 0.5) is 0 Å². The normalized spacial score (nSPS) is 13.4. The Labute approximate surface area is 151 Å². The van der Waals surface area contributed by atoms with E-state index in [1.165, 1.54) is 0 Å². The lowest BCUT2D eigenvalue weighted by molar-refractivity contribution is 0.0949. The third kappa shape index (κ3) is 3.24. The average Bonchev–Trinajstić information content (AvgIpc) is 3.33. The number of rotatable bonds is 5. The van der Waals surface area contributed by atoms with Crippen LogP contribution in [-0.2, 0) is 26.2 Å². The van der Waals surface area contributed by atoms with Crippen molar-refractivity contribution in [3.8, 4) is 5.69 Å². The van der Waals surface area contributed by atoms with Gasteiger partial charge < -0.3 is 20.9 Å². The minimum absolute atomic E-state index is 0.0565. The van der Waals surface area contributed by atoms with Crippen LogP contribution in [0.1, 0.15) is 27.3 Å². The molecule has 3 heterocycles. The molecule has 0 saturated carbocycles. The lowest BCUT2D eigenvalue weighted by atomic mass is 10.1. The van der Waals surface area contributed by atoms with Crippen LogP contribution in [0.3, 0.4) is 0 Å². The number of nitrogens with one attached hydrogen (secondary N) is 2. The number of benzene rings is 1. The monoisotopic (exact) mass is 351 g/mol. The van der Waals surface area contributed by atoms with Gasteiger partial charge in [-0.2, -0.15) is 0 Å². The van der Waals surface area contributed by atoms with Crippen LogP contribution < -0.4 is 16.4 Å². The van der Waals surface area contributed by atoms with Crippen molar-refractivity contribution in [3.05, 3.63) is 65.2 Å². The molecular formula is C18H21N7O. The molecule has 0 atom stereocenters. The second kappa shape index (κ2) is 7.11. The van der Waals surface area contributed by atoms with E-state index in [1.54, 1.807) is 10.9 Å². The summed E-state index contributed by atoms with van der Waals surface area (Å²) in [6.45, 7) is 3.35. The summed E-state index contributed by atoms with van der Waals surface area (Å²) >= 11 is 0. The minimum Gasteiger partial charge on any atom is -0.348 e. The Morgan fingerprint density at radius 1 is 1.35 bits per heavy atom. The number of hydrogen-bond donors (Lipinski definition) is 3. The van der Waals surface area contributed by atoms with Gasteiger partial charge in [0.05, 0.1) is 23.1 Å². The second-order valence-electron chi connectivity index (χ2n) is 6.26. The lowest BCUT2D eigenvalue weighted by Gasteiger charge is -2.17. The minimum atomic E-state index is -0.0565. The zero-order valence-electron chi connectivity index (χ0n) is 14.4. The van der Waals surface area contributed by atoms with Crippen molar-refractivity contribution in [1.82, 2.24) is 30.2 Å². The van der Waals surface area contributed by atoms with Crippen molar-refractivity contribution < 1.29 is 4.79 Å². The number of carbonyl (C=O) groups is 1. The lowest BCUT2D eigenvalue weighted by Crippen LogP contribution is -2.30. The summed E-state index contributed by atoms with van der Waals surface area (Å²) in [7, 11) is 0. The predicted octanol–water partition coefficient (Wildman–Crippen LogP) is 0.561. The molecule has 3 aromatic rings. The Morgan fingerprint density at radius 3 is 3.12 bits per heavy atom. The number of nitrogens with zero attached hydrogens (tertiary/aromatic N) is 4. The van der Waals surface area contributed by atoms with Gasteiger partial charge >= 0.3 is 0 Å². The number of hydrogen-bond acceptors (Lipinski definition) is 5. The van der Waals surface area contributed by atoms with E-state index in [2.05, 4.69) is 25.5 Å². The summed E-state index contributed by atoms with van der Waals surface area (Å²) in [6, 6.07) is 9.71. The van der Waals surface area contributed by atoms with Crippen LogP contribution in [0.2, 0.25) is 0 Å². The van der Waals surface area contributed by atoms with E-state index in [0.717, 1.165) is 47.8 Å². The van der Waals surface area contributed by atoms with Gasteiger partial charge in [0, 0.05) is 44.6 Å². The van der Waals surface area contributed by atoms with Crippen molar-refractivity contribution in [2.24, 2.45) is 5.73 Å². The summed E-state index contributed by atoms with van der Waals surface area (Å²) in [5, 5.41) is 14.4. The molecule has 4 rings (SSSR count). The highest BCUT2D eigenvalue weighted by molar-refractivity contribution is 5.95. The van der Waals surface area contributed by atoms with Crippen molar-refractivity contribution in [1.29, 1.82) is 0 Å². The van der Waals surface area contributed by atoms with E-state index < -0.39 is 0 Å². The molecule has 1 aromatic carbocycles. The van der Waals surface area contributed by atoms with E-state index in [-0.39, 0.29) is 5.91 Å². The van der Waals surface area contributed by atoms with Crippen LogP contribution in [0.15, 0.2) is 42.7 Å². The zero-order chi connectivity index (χ0) is 17.9. The van der Waals surface area contributed by atoms with Gasteiger partial charge in [-0.25, -0.2) is 4.68 Å². The van der Waals surface area contributed by atoms with Crippen LogP contribution >= 0.6 is 0 Å². The van der Waals surface area contributed by atoms with Crippen LogP contribution in [-0.4, -0.2) is 32.0 Å². The number of fused-ring (bicyclic) bond motifs is 1. The molecule has 26 heavy (non-hydrogen) atoms. The maximum Gasteiger partial charge on any atom is 0.253 e. The van der Waals surface area contributed by atoms with Gasteiger partial charge in [0.1, 0.15) is 0 Å². The first-order chi connectivity index (χ1) is 12.7. The maximum atomic E-state index is 12.6. The van der Waals surface area contributed by atoms with Gasteiger partial charge in [-0.05, 0) is 23.8 Å². The molecule has 8 heteroatoms. The molecule has 0 unspecified atom stereocenters. The largest absolute Gasteiger partial charge is 0.348 e. The van der Waals surface area contributed by atoms with E-state index >= 15 is 0 Å². The third-order valence-corrected chi connectivity index (χ3v) is 4.52. The topological polar surface area (TPSA) is 103 Å². The van der Waals surface area contributed by atoms with Crippen molar-refractivity contribution in [3.63, 3.8) is 0 Å². The SMILES string of the molecule is NCc1cn(-c2cccc(CNC(=O)c3ccn4c3CNCC4)c2)nn1. The van der Waals surface area contributed by atoms with Gasteiger partial charge in [-0.3, -0.25) is 4.79 Å². The van der Waals surface area contributed by atoms with Gasteiger partial charge in [-0.15, -0.1) is 5.10 Å². The zero-order valence-corrected chi connectivity index (χ0v) is 14.4. The molecule has 0 fully saturated rings. The van der Waals surface area contributed by atoms with Crippen molar-refractivity contribution in [2.45, 2.75) is 26.2 Å². The summed E-state index contributed by atoms with van der Waals surface area (Å²) < 4.78 is 3.81. The Kier molecular flexibility index (Phi) is 4.51. The summed E-state index contributed by atoms with van der Waals surface area (Å²) in [4.78, 5) is 12.6. The highest BCUT2D eigenvalue weighted by Crippen LogP contribution is 2.15. The molecular weight excluding hydrogens is 330 g/mol. The molecule has 1 aliphatic rings. The fraction of sp³-hybridized carbons (Fsp3) is 0.278. The van der Waals surface area contributed by atoms with Crippen LogP contribution in [0, 0.1) is 0 Å². The fourth-order valence-electron chi connectivity index (χ4n) is 3.13. The standard InChI is InChI=1S/C18H21N7O/c19-9-14-12-25(23-22-14)15-3-1-2-13(8-15)10-21-18(26)16-4-6-24-7-5-20-11-17(16)24/h1-4,6,8,12,20H,5,7,9-11,19H2,(H,21,26). The Balaban J connectivity index is 1.45. The molecule has 2 aromatic heterocycles. The summed E-state index contributed by atoms with van der Waals surface area (Å²) in [6.07, 6.45) is 3.78. The van der Waals surface area contributed by atoms with Crippen molar-refractivity contribution in [2.75, 3.05) is 6.54 Å². The van der Waals surface area contributed by atoms with Gasteiger partial charge in [0.2, 0.25) is 0 Å². The molecule has 0 spiro atoms. The van der Waals surface area contributed by atoms with Crippen LogP contribution in [0.25, 0.3) is 5.69 Å². The van der Waals surface area contributed by atoms with E-state index in [9.17, 15) is 4.79 Å². The van der Waals surface area contributed by atoms with Gasteiger partial charge in [0.15, 0.2) is 0 Å². The smallest absolute Gasteiger partial charge is 0.253 e. The van der Waals surface area contributed by atoms with E-state index in [1.807, 2.05) is 36.5 Å². The third-order valence-electron chi connectivity index (χ3n) is 4.52. The maximum absolute atomic E-state index is 12.6. The molecule has 134 valence electrons. The predicted molar refractivity (Wildman–Crippen MR) is 96.6 cm³/mol. The number of aromatic nitrogens is 4. The van der Waals surface area contributed by atoms with Crippen molar-refractivity contribution >= 4 is 5.91 Å². The van der Waals surface area contributed by atoms with E-state index in [0.29, 0.717) is 13.1 Å². The molecule has 0 radical (unpaired) electrons. The Morgan fingerprint density at radius 2 is 2.27 bits per heavy atom. The Hall–Kier alpha value is -2.97. The first-order valence-electron chi connectivity index (χ1n) is 8.62. The quantitative estimate of drug-likeness (QED) is 0.623. The fourth-order valence-corrected chi connectivity index (χ4v) is 3.13. The highest BCUT2D eigenvalue weighted by atomic mass is 16.1. The molecule has 1 amide bonds. The molecule has 0 aliphatic carbocycles. The molecule has 4 N–H and O–H groups in total. The summed E-state index contributed by atoms with van der Waals surface area (Å²) in [5.41, 5.74) is 9.96. The number of nitrogens with two attached hydrogens (primary N) is 1. The van der Waals surface area contributed by atoms with E-state index in [4.69, 9.17) is 5.73 Å². The van der Waals surface area contributed by atoms with Crippen LogP contribution in [0.5, 0.6) is 0 Å². The number of amides is 1. The average molecular weight is 351 g/mol. The van der Waals surface area contributed by atoms with Gasteiger partial charge in [-0.1, -0.05) is 17.3 Å². The summed E-state index contributed by atoms with van der Waals surface area (Å²) in [5.74, 6) is -0.0565.